The molecule has 0 spiro atoms. The molecule has 294 valence electrons. The molecule has 14 nitrogen and oxygen atoms in total. The van der Waals surface area contributed by atoms with Gasteiger partial charge in [-0.2, -0.15) is 10.5 Å². The van der Waals surface area contributed by atoms with Crippen LogP contribution in [0.4, 0.5) is 5.82 Å². The lowest BCUT2D eigenvalue weighted by Gasteiger charge is -2.48. The number of hydrogen-bond donors (Lipinski definition) is 3. The molecule has 5 aliphatic rings. The van der Waals surface area contributed by atoms with Crippen LogP contribution >= 0.6 is 11.6 Å². The number of aromatic nitrogens is 4. The molecule has 5 fully saturated rings. The SMILES string of the molecule is C1CCOC1.CCN(CC)CC.N#Cc1nccnc1Cl.N#Cc1nccnc1N1CCN2[C@@H](CO)CCC[C@H]2C1.OC[C@H]1CCC[C@H]2CNCCN12. The molecule has 0 aliphatic carbocycles. The van der Waals surface area contributed by atoms with Crippen molar-refractivity contribution in [1.29, 1.82) is 10.5 Å². The molecule has 7 heterocycles. The fourth-order valence-corrected chi connectivity index (χ4v) is 7.59. The van der Waals surface area contributed by atoms with Crippen LogP contribution in [0.15, 0.2) is 24.8 Å². The number of nitrogens with zero attached hydrogens (tertiary/aromatic N) is 10. The summed E-state index contributed by atoms with van der Waals surface area (Å²) in [4.78, 5) is 25.1. The van der Waals surface area contributed by atoms with Gasteiger partial charge >= 0.3 is 0 Å². The van der Waals surface area contributed by atoms with Crippen molar-refractivity contribution in [2.75, 3.05) is 90.2 Å². The standard InChI is InChI=1S/C14H19N5O.C9H18N2O.C6H15N.C5H2ClN3.C4H8O/c15-8-13-14(17-5-4-16-13)18-6-7-19-11(9-18)2-1-3-12(19)10-20;12-7-9-3-1-2-8-6-10-4-5-11(8)9;1-4-7(5-2)6-3;6-5-4(3-7)8-1-2-9-5;1-2-4-5-3-1/h4-5,11-12,20H,1-3,6-7,9-10H2;8-10,12H,1-7H2;4-6H2,1-3H3;1-2H;1-4H2/t11-,12+;8-,9+;;;/m00.../s1. The van der Waals surface area contributed by atoms with E-state index in [2.05, 4.69) is 71.7 Å². The number of nitrogens with one attached hydrogen (secondary N) is 1. The number of ether oxygens (including phenoxy) is 1. The van der Waals surface area contributed by atoms with Crippen molar-refractivity contribution < 1.29 is 14.9 Å². The number of rotatable bonds is 6. The summed E-state index contributed by atoms with van der Waals surface area (Å²) >= 11 is 5.43. The van der Waals surface area contributed by atoms with E-state index in [0.29, 0.717) is 42.3 Å². The first-order valence-corrected chi connectivity index (χ1v) is 19.9. The predicted molar refractivity (Wildman–Crippen MR) is 208 cm³/mol. The van der Waals surface area contributed by atoms with Gasteiger partial charge in [0.2, 0.25) is 0 Å². The molecule has 4 atom stereocenters. The van der Waals surface area contributed by atoms with Gasteiger partial charge in [-0.15, -0.1) is 0 Å². The number of halogens is 1. The van der Waals surface area contributed by atoms with Crippen molar-refractivity contribution >= 4 is 17.4 Å². The first kappa shape index (κ1) is 44.3. The lowest BCUT2D eigenvalue weighted by atomic mass is 9.93. The maximum absolute atomic E-state index is 9.47. The molecule has 0 radical (unpaired) electrons. The Morgan fingerprint density at radius 2 is 1.34 bits per heavy atom. The number of anilines is 1. The van der Waals surface area contributed by atoms with Gasteiger partial charge in [0, 0.05) is 101 Å². The molecule has 0 aromatic carbocycles. The maximum Gasteiger partial charge on any atom is 0.183 e. The Balaban J connectivity index is 0.000000196. The van der Waals surface area contributed by atoms with Crippen LogP contribution < -0.4 is 10.2 Å². The number of fused-ring (bicyclic) bond motifs is 2. The zero-order chi connectivity index (χ0) is 38.3. The lowest BCUT2D eigenvalue weighted by Crippen LogP contribution is -2.59. The molecule has 3 N–H and O–H groups in total. The van der Waals surface area contributed by atoms with Crippen LogP contribution in [-0.2, 0) is 4.74 Å². The van der Waals surface area contributed by atoms with Crippen LogP contribution in [0.1, 0.15) is 83.5 Å². The fraction of sp³-hybridized carbons (Fsp3) is 0.737. The number of nitriles is 2. The van der Waals surface area contributed by atoms with E-state index in [0.717, 1.165) is 71.7 Å². The maximum atomic E-state index is 9.47. The first-order valence-electron chi connectivity index (χ1n) is 19.5. The summed E-state index contributed by atoms with van der Waals surface area (Å²) < 4.78 is 4.94. The molecule has 0 unspecified atom stereocenters. The first-order chi connectivity index (χ1) is 25.9. The van der Waals surface area contributed by atoms with E-state index in [-0.39, 0.29) is 17.5 Å². The van der Waals surface area contributed by atoms with Crippen LogP contribution in [0, 0.1) is 22.7 Å². The van der Waals surface area contributed by atoms with Crippen LogP contribution in [0.2, 0.25) is 5.15 Å². The molecule has 2 aromatic rings. The predicted octanol–water partition coefficient (Wildman–Crippen LogP) is 3.34. The van der Waals surface area contributed by atoms with Gasteiger partial charge < -0.3 is 30.1 Å². The van der Waals surface area contributed by atoms with Crippen molar-refractivity contribution in [3.05, 3.63) is 41.3 Å². The summed E-state index contributed by atoms with van der Waals surface area (Å²) in [6.45, 7) is 18.7. The molecule has 2 aromatic heterocycles. The highest BCUT2D eigenvalue weighted by Gasteiger charge is 2.35. The van der Waals surface area contributed by atoms with E-state index in [1.807, 2.05) is 0 Å². The van der Waals surface area contributed by atoms with Crippen LogP contribution in [-0.4, -0.2) is 154 Å². The second-order valence-corrected chi connectivity index (χ2v) is 13.9. The van der Waals surface area contributed by atoms with E-state index < -0.39 is 0 Å². The van der Waals surface area contributed by atoms with Gasteiger partial charge in [-0.25, -0.2) is 19.9 Å². The molecule has 5 aliphatic heterocycles. The van der Waals surface area contributed by atoms with Gasteiger partial charge in [-0.1, -0.05) is 45.2 Å². The number of hydrogen-bond acceptors (Lipinski definition) is 14. The second kappa shape index (κ2) is 25.9. The Hall–Kier alpha value is -3.05. The van der Waals surface area contributed by atoms with Crippen LogP contribution in [0.5, 0.6) is 0 Å². The molecule has 7 rings (SSSR count). The summed E-state index contributed by atoms with van der Waals surface area (Å²) in [5, 5.41) is 39.6. The fourth-order valence-electron chi connectivity index (χ4n) is 7.45. The van der Waals surface area contributed by atoms with Crippen LogP contribution in [0.25, 0.3) is 0 Å². The van der Waals surface area contributed by atoms with Crippen LogP contribution in [0.3, 0.4) is 0 Å². The summed E-state index contributed by atoms with van der Waals surface area (Å²) in [5.41, 5.74) is 0.564. The smallest absolute Gasteiger partial charge is 0.183 e. The minimum absolute atomic E-state index is 0.153. The average Bonchev–Trinajstić information content (AvgIpc) is 3.83. The zero-order valence-corrected chi connectivity index (χ0v) is 32.9. The Morgan fingerprint density at radius 1 is 0.774 bits per heavy atom. The van der Waals surface area contributed by atoms with Crippen molar-refractivity contribution in [3.8, 4) is 12.1 Å². The van der Waals surface area contributed by atoms with E-state index in [9.17, 15) is 5.11 Å². The summed E-state index contributed by atoms with van der Waals surface area (Å²) in [5.74, 6) is 0.695. The van der Waals surface area contributed by atoms with E-state index in [1.165, 1.54) is 64.1 Å². The third kappa shape index (κ3) is 14.6. The molecule has 0 saturated carbocycles. The van der Waals surface area contributed by atoms with Crippen molar-refractivity contribution in [1.82, 2.24) is 40.0 Å². The van der Waals surface area contributed by atoms with Crippen molar-refractivity contribution in [2.45, 2.75) is 96.3 Å². The topological polar surface area (TPSA) is 174 Å². The monoisotopic (exact) mass is 755 g/mol. The third-order valence-electron chi connectivity index (χ3n) is 10.4. The van der Waals surface area contributed by atoms with Gasteiger partial charge in [0.05, 0.1) is 13.2 Å². The van der Waals surface area contributed by atoms with Gasteiger partial charge in [-0.05, 0) is 58.2 Å². The Labute approximate surface area is 322 Å². The number of piperazine rings is 2. The molecule has 0 amide bonds. The average molecular weight is 756 g/mol. The Bertz CT molecular complexity index is 1350. The second-order valence-electron chi connectivity index (χ2n) is 13.6. The Morgan fingerprint density at radius 3 is 1.85 bits per heavy atom. The molecule has 5 saturated heterocycles. The summed E-state index contributed by atoms with van der Waals surface area (Å²) in [6, 6.07) is 5.80. The van der Waals surface area contributed by atoms with Gasteiger partial charge in [-0.3, -0.25) is 9.80 Å². The van der Waals surface area contributed by atoms with E-state index in [4.69, 9.17) is 32.0 Å². The summed E-state index contributed by atoms with van der Waals surface area (Å²) in [6.07, 6.45) is 15.8. The molecular formula is C38H62ClN11O3. The minimum atomic E-state index is 0.153. The molecule has 0 bridgehead atoms. The highest BCUT2D eigenvalue weighted by atomic mass is 35.5. The molecule has 15 heteroatoms. The van der Waals surface area contributed by atoms with Crippen molar-refractivity contribution in [2.24, 2.45) is 0 Å². The highest BCUT2D eigenvalue weighted by molar-refractivity contribution is 6.30. The normalized spacial score (nSPS) is 23.8. The third-order valence-corrected chi connectivity index (χ3v) is 10.7. The lowest BCUT2D eigenvalue weighted by molar-refractivity contribution is 0.0300. The van der Waals surface area contributed by atoms with E-state index >= 15 is 0 Å². The number of aliphatic hydroxyl groups is 2. The largest absolute Gasteiger partial charge is 0.395 e. The minimum Gasteiger partial charge on any atom is -0.395 e. The Kier molecular flexibility index (Phi) is 21.7. The number of piperidine rings is 2. The zero-order valence-electron chi connectivity index (χ0n) is 32.1. The molecule has 53 heavy (non-hydrogen) atoms. The quantitative estimate of drug-likeness (QED) is 0.392. The van der Waals surface area contributed by atoms with E-state index in [1.54, 1.807) is 18.5 Å². The highest BCUT2D eigenvalue weighted by Crippen LogP contribution is 2.28. The van der Waals surface area contributed by atoms with Gasteiger partial charge in [0.25, 0.3) is 0 Å². The number of aliphatic hydroxyl groups excluding tert-OH is 2. The summed E-state index contributed by atoms with van der Waals surface area (Å²) in [7, 11) is 0. The van der Waals surface area contributed by atoms with Gasteiger partial charge in [0.15, 0.2) is 22.4 Å². The molecular weight excluding hydrogens is 694 g/mol. The van der Waals surface area contributed by atoms with Gasteiger partial charge in [0.1, 0.15) is 12.1 Å². The van der Waals surface area contributed by atoms with Crippen molar-refractivity contribution in [3.63, 3.8) is 0 Å².